The lowest BCUT2D eigenvalue weighted by molar-refractivity contribution is -0.384. The average Bonchev–Trinajstić information content (AvgIpc) is 2.73. The predicted octanol–water partition coefficient (Wildman–Crippen LogP) is 4.80. The van der Waals surface area contributed by atoms with Crippen LogP contribution in [0.25, 0.3) is 0 Å². The van der Waals surface area contributed by atoms with E-state index in [1.54, 1.807) is 56.6 Å². The summed E-state index contributed by atoms with van der Waals surface area (Å²) < 4.78 is 11.1. The normalized spacial score (nSPS) is 11.0. The highest BCUT2D eigenvalue weighted by molar-refractivity contribution is 5.82. The van der Waals surface area contributed by atoms with Crippen molar-refractivity contribution in [3.63, 3.8) is 0 Å². The maximum atomic E-state index is 12.6. The molecule has 0 aliphatic heterocycles. The van der Waals surface area contributed by atoms with E-state index in [0.717, 1.165) is 5.56 Å². The molecule has 1 aromatic heterocycles. The van der Waals surface area contributed by atoms with E-state index >= 15 is 0 Å². The van der Waals surface area contributed by atoms with E-state index in [1.165, 1.54) is 12.1 Å². The monoisotopic (exact) mass is 392 g/mol. The minimum absolute atomic E-state index is 0.0217. The van der Waals surface area contributed by atoms with Crippen molar-refractivity contribution in [3.05, 3.63) is 94.3 Å². The number of nitrogens with zero attached hydrogens (tertiary/aromatic N) is 2. The standard InChI is InChI=1S/C22H20N2O5/c1-22(2,17-7-9-18(10-8-17)24(26)27)21(25)28-15-16-5-11-19(12-6-16)29-20-4-3-13-23-14-20/h3-14H,15H2,1-2H3. The molecule has 0 aliphatic carbocycles. The Hall–Kier alpha value is -3.74. The van der Waals surface area contributed by atoms with Crippen LogP contribution in [-0.2, 0) is 21.6 Å². The molecular weight excluding hydrogens is 372 g/mol. The maximum absolute atomic E-state index is 12.6. The van der Waals surface area contributed by atoms with Crippen LogP contribution in [0.2, 0.25) is 0 Å². The summed E-state index contributed by atoms with van der Waals surface area (Å²) in [7, 11) is 0. The van der Waals surface area contributed by atoms with Crippen LogP contribution >= 0.6 is 0 Å². The number of non-ortho nitro benzene ring substituents is 1. The van der Waals surface area contributed by atoms with Crippen molar-refractivity contribution in [3.8, 4) is 11.5 Å². The van der Waals surface area contributed by atoms with Crippen molar-refractivity contribution in [2.24, 2.45) is 0 Å². The highest BCUT2D eigenvalue weighted by atomic mass is 16.6. The lowest BCUT2D eigenvalue weighted by Crippen LogP contribution is -2.31. The third kappa shape index (κ3) is 4.95. The van der Waals surface area contributed by atoms with Gasteiger partial charge in [-0.25, -0.2) is 0 Å². The van der Waals surface area contributed by atoms with Crippen LogP contribution in [0.4, 0.5) is 5.69 Å². The van der Waals surface area contributed by atoms with Gasteiger partial charge in [-0.1, -0.05) is 24.3 Å². The van der Waals surface area contributed by atoms with E-state index in [9.17, 15) is 14.9 Å². The molecule has 0 aliphatic rings. The van der Waals surface area contributed by atoms with Crippen molar-refractivity contribution < 1.29 is 19.2 Å². The molecule has 1 heterocycles. The van der Waals surface area contributed by atoms with Crippen LogP contribution in [0.3, 0.4) is 0 Å². The highest BCUT2D eigenvalue weighted by Gasteiger charge is 2.32. The number of pyridine rings is 1. The number of carbonyl (C=O) groups is 1. The van der Waals surface area contributed by atoms with Gasteiger partial charge in [0.15, 0.2) is 0 Å². The number of hydrogen-bond acceptors (Lipinski definition) is 6. The van der Waals surface area contributed by atoms with Crippen molar-refractivity contribution in [2.75, 3.05) is 0 Å². The Kier molecular flexibility index (Phi) is 5.87. The van der Waals surface area contributed by atoms with Crippen LogP contribution in [0.1, 0.15) is 25.0 Å². The van der Waals surface area contributed by atoms with Crippen LogP contribution in [0.5, 0.6) is 11.5 Å². The zero-order valence-electron chi connectivity index (χ0n) is 16.1. The molecule has 0 radical (unpaired) electrons. The number of aromatic nitrogens is 1. The van der Waals surface area contributed by atoms with Crippen LogP contribution in [-0.4, -0.2) is 15.9 Å². The third-order valence-electron chi connectivity index (χ3n) is 4.47. The molecule has 0 spiro atoms. The van der Waals surface area contributed by atoms with Gasteiger partial charge in [0, 0.05) is 18.3 Å². The molecular formula is C22H20N2O5. The number of benzene rings is 2. The molecule has 0 saturated carbocycles. The van der Waals surface area contributed by atoms with E-state index in [-0.39, 0.29) is 12.3 Å². The summed E-state index contributed by atoms with van der Waals surface area (Å²) in [5.41, 5.74) is 0.509. The van der Waals surface area contributed by atoms with Gasteiger partial charge in [-0.2, -0.15) is 0 Å². The number of rotatable bonds is 7. The summed E-state index contributed by atoms with van der Waals surface area (Å²) >= 11 is 0. The Morgan fingerprint density at radius 2 is 1.72 bits per heavy atom. The number of ether oxygens (including phenoxy) is 2. The van der Waals surface area contributed by atoms with Gasteiger partial charge in [-0.3, -0.25) is 19.9 Å². The second-order valence-corrected chi connectivity index (χ2v) is 6.94. The van der Waals surface area contributed by atoms with E-state index in [2.05, 4.69) is 4.98 Å². The number of nitro groups is 1. The van der Waals surface area contributed by atoms with Gasteiger partial charge in [0.05, 0.1) is 16.5 Å². The van der Waals surface area contributed by atoms with E-state index in [0.29, 0.717) is 17.1 Å². The van der Waals surface area contributed by atoms with Crippen molar-refractivity contribution in [2.45, 2.75) is 25.9 Å². The van der Waals surface area contributed by atoms with E-state index in [1.807, 2.05) is 18.2 Å². The first-order chi connectivity index (χ1) is 13.9. The molecule has 7 heteroatoms. The zero-order chi connectivity index (χ0) is 20.9. The predicted molar refractivity (Wildman–Crippen MR) is 107 cm³/mol. The first-order valence-corrected chi connectivity index (χ1v) is 8.95. The molecule has 0 unspecified atom stereocenters. The van der Waals surface area contributed by atoms with Gasteiger partial charge in [-0.15, -0.1) is 0 Å². The van der Waals surface area contributed by atoms with Gasteiger partial charge in [-0.05, 0) is 49.2 Å². The minimum atomic E-state index is -0.932. The first kappa shape index (κ1) is 20.0. The fraction of sp³-hybridized carbons (Fsp3) is 0.182. The summed E-state index contributed by atoms with van der Waals surface area (Å²) in [5.74, 6) is 0.873. The second kappa shape index (κ2) is 8.52. The summed E-state index contributed by atoms with van der Waals surface area (Å²) in [4.78, 5) is 26.9. The molecule has 148 valence electrons. The lowest BCUT2D eigenvalue weighted by atomic mass is 9.84. The number of esters is 1. The lowest BCUT2D eigenvalue weighted by Gasteiger charge is -2.23. The highest BCUT2D eigenvalue weighted by Crippen LogP contribution is 2.27. The second-order valence-electron chi connectivity index (χ2n) is 6.94. The fourth-order valence-electron chi connectivity index (χ4n) is 2.64. The number of nitro benzene ring substituents is 1. The van der Waals surface area contributed by atoms with Gasteiger partial charge >= 0.3 is 5.97 Å². The molecule has 0 saturated heterocycles. The topological polar surface area (TPSA) is 91.6 Å². The summed E-state index contributed by atoms with van der Waals surface area (Å²) in [6.45, 7) is 3.56. The molecule has 3 rings (SSSR count). The summed E-state index contributed by atoms with van der Waals surface area (Å²) in [5, 5.41) is 10.8. The number of carbonyl (C=O) groups excluding carboxylic acids is 1. The van der Waals surface area contributed by atoms with Crippen LogP contribution < -0.4 is 4.74 Å². The van der Waals surface area contributed by atoms with E-state index in [4.69, 9.17) is 9.47 Å². The Morgan fingerprint density at radius 1 is 1.03 bits per heavy atom. The molecule has 2 aromatic carbocycles. The van der Waals surface area contributed by atoms with Crippen molar-refractivity contribution in [1.82, 2.24) is 4.98 Å². The average molecular weight is 392 g/mol. The molecule has 0 N–H and O–H groups in total. The van der Waals surface area contributed by atoms with Crippen molar-refractivity contribution in [1.29, 1.82) is 0 Å². The largest absolute Gasteiger partial charge is 0.460 e. The SMILES string of the molecule is CC(C)(C(=O)OCc1ccc(Oc2cccnc2)cc1)c1ccc([N+](=O)[O-])cc1. The molecule has 7 nitrogen and oxygen atoms in total. The first-order valence-electron chi connectivity index (χ1n) is 8.95. The van der Waals surface area contributed by atoms with Gasteiger partial charge in [0.25, 0.3) is 5.69 Å². The van der Waals surface area contributed by atoms with Crippen molar-refractivity contribution >= 4 is 11.7 Å². The number of hydrogen-bond donors (Lipinski definition) is 0. The summed E-state index contributed by atoms with van der Waals surface area (Å²) in [6.07, 6.45) is 3.29. The fourth-order valence-corrected chi connectivity index (χ4v) is 2.64. The molecule has 0 bridgehead atoms. The molecule has 0 fully saturated rings. The quantitative estimate of drug-likeness (QED) is 0.326. The Bertz CT molecular complexity index is 984. The van der Waals surface area contributed by atoms with Gasteiger partial charge in [0.1, 0.15) is 18.1 Å². The smallest absolute Gasteiger partial charge is 0.316 e. The Labute approximate surface area is 168 Å². The third-order valence-corrected chi connectivity index (χ3v) is 4.47. The zero-order valence-corrected chi connectivity index (χ0v) is 16.1. The van der Waals surface area contributed by atoms with Gasteiger partial charge < -0.3 is 9.47 Å². The molecule has 0 amide bonds. The molecule has 3 aromatic rings. The van der Waals surface area contributed by atoms with Crippen LogP contribution in [0, 0.1) is 10.1 Å². The minimum Gasteiger partial charge on any atom is -0.460 e. The van der Waals surface area contributed by atoms with Crippen LogP contribution in [0.15, 0.2) is 73.1 Å². The Balaban J connectivity index is 1.59. The maximum Gasteiger partial charge on any atom is 0.316 e. The molecule has 0 atom stereocenters. The Morgan fingerprint density at radius 3 is 2.31 bits per heavy atom. The summed E-state index contributed by atoms with van der Waals surface area (Å²) in [6, 6.07) is 16.7. The van der Waals surface area contributed by atoms with E-state index < -0.39 is 16.3 Å². The van der Waals surface area contributed by atoms with Gasteiger partial charge in [0.2, 0.25) is 0 Å². The molecule has 29 heavy (non-hydrogen) atoms.